The highest BCUT2D eigenvalue weighted by Crippen LogP contribution is 2.26. The van der Waals surface area contributed by atoms with Crippen LogP contribution in [0.25, 0.3) is 0 Å². The van der Waals surface area contributed by atoms with Crippen LogP contribution in [0.5, 0.6) is 0 Å². The average molecular weight is 286 g/mol. The molecule has 1 aromatic heterocycles. The molecule has 2 rings (SSSR count). The van der Waals surface area contributed by atoms with Crippen LogP contribution in [0.2, 0.25) is 0 Å². The average Bonchev–Trinajstić information content (AvgIpc) is 2.69. The Morgan fingerprint density at radius 1 is 1.47 bits per heavy atom. The van der Waals surface area contributed by atoms with E-state index in [0.717, 1.165) is 0 Å². The number of carbonyl (C=O) groups excluding carboxylic acids is 1. The van der Waals surface area contributed by atoms with Crippen LogP contribution in [-0.2, 0) is 14.8 Å². The maximum absolute atomic E-state index is 12.6. The van der Waals surface area contributed by atoms with Crippen molar-refractivity contribution in [3.05, 3.63) is 11.4 Å². The van der Waals surface area contributed by atoms with Gasteiger partial charge in [-0.25, -0.2) is 8.42 Å². The third-order valence-electron chi connectivity index (χ3n) is 3.44. The van der Waals surface area contributed by atoms with Crippen LogP contribution in [0, 0.1) is 19.8 Å². The number of hydrogen-bond donors (Lipinski definition) is 2. The van der Waals surface area contributed by atoms with Gasteiger partial charge in [0.25, 0.3) is 0 Å². The molecule has 1 fully saturated rings. The van der Waals surface area contributed by atoms with E-state index >= 15 is 0 Å². The Labute approximate surface area is 112 Å². The number of hydrogen-bond acceptors (Lipinski definition) is 4. The van der Waals surface area contributed by atoms with E-state index < -0.39 is 21.8 Å². The second-order valence-electron chi connectivity index (χ2n) is 4.87. The molecule has 1 amide bonds. The van der Waals surface area contributed by atoms with Gasteiger partial charge >= 0.3 is 0 Å². The fraction of sp³-hybridized carbons (Fsp3) is 0.636. The number of amides is 1. The van der Waals surface area contributed by atoms with Crippen LogP contribution in [0.1, 0.15) is 24.2 Å². The number of carbonyl (C=O) groups is 1. The van der Waals surface area contributed by atoms with Gasteiger partial charge in [-0.3, -0.25) is 9.89 Å². The topological polar surface area (TPSA) is 109 Å². The SMILES string of the molecule is Cc1n[nH]c(C)c1S(=O)(=O)N1CCCC(C(N)=O)C1. The van der Waals surface area contributed by atoms with E-state index in [1.807, 2.05) is 0 Å². The van der Waals surface area contributed by atoms with Gasteiger partial charge in [-0.05, 0) is 26.7 Å². The molecule has 7 nitrogen and oxygen atoms in total. The van der Waals surface area contributed by atoms with Crippen molar-refractivity contribution < 1.29 is 13.2 Å². The molecule has 0 aliphatic carbocycles. The Hall–Kier alpha value is -1.41. The van der Waals surface area contributed by atoms with E-state index in [9.17, 15) is 13.2 Å². The summed E-state index contributed by atoms with van der Waals surface area (Å²) in [5.41, 5.74) is 6.23. The van der Waals surface area contributed by atoms with E-state index in [4.69, 9.17) is 5.73 Å². The zero-order valence-electron chi connectivity index (χ0n) is 11.0. The second kappa shape index (κ2) is 4.93. The fourth-order valence-corrected chi connectivity index (χ4v) is 4.30. The van der Waals surface area contributed by atoms with Crippen molar-refractivity contribution in [1.82, 2.24) is 14.5 Å². The van der Waals surface area contributed by atoms with Crippen molar-refractivity contribution >= 4 is 15.9 Å². The normalized spacial score (nSPS) is 21.5. The molecule has 1 aliphatic heterocycles. The molecule has 1 atom stereocenters. The number of nitrogens with zero attached hydrogens (tertiary/aromatic N) is 2. The van der Waals surface area contributed by atoms with E-state index in [1.165, 1.54) is 4.31 Å². The minimum atomic E-state index is -3.61. The zero-order chi connectivity index (χ0) is 14.2. The van der Waals surface area contributed by atoms with Crippen molar-refractivity contribution in [2.24, 2.45) is 11.7 Å². The van der Waals surface area contributed by atoms with Crippen LogP contribution < -0.4 is 5.73 Å². The molecule has 2 heterocycles. The van der Waals surface area contributed by atoms with Crippen molar-refractivity contribution in [1.29, 1.82) is 0 Å². The molecule has 0 radical (unpaired) electrons. The molecule has 106 valence electrons. The largest absolute Gasteiger partial charge is 0.369 e. The molecule has 1 unspecified atom stereocenters. The highest BCUT2D eigenvalue weighted by atomic mass is 32.2. The number of aromatic nitrogens is 2. The number of nitrogens with two attached hydrogens (primary N) is 1. The van der Waals surface area contributed by atoms with Gasteiger partial charge in [0.2, 0.25) is 15.9 Å². The summed E-state index contributed by atoms with van der Waals surface area (Å²) in [6, 6.07) is 0. The van der Waals surface area contributed by atoms with Gasteiger partial charge in [0.05, 0.1) is 17.3 Å². The number of aryl methyl sites for hydroxylation is 2. The van der Waals surface area contributed by atoms with E-state index in [-0.39, 0.29) is 11.4 Å². The molecule has 0 saturated carbocycles. The maximum Gasteiger partial charge on any atom is 0.246 e. The number of nitrogens with one attached hydrogen (secondary N) is 1. The van der Waals surface area contributed by atoms with Gasteiger partial charge in [-0.1, -0.05) is 0 Å². The molecule has 1 saturated heterocycles. The third-order valence-corrected chi connectivity index (χ3v) is 5.57. The summed E-state index contributed by atoms with van der Waals surface area (Å²) < 4.78 is 26.5. The lowest BCUT2D eigenvalue weighted by atomic mass is 9.99. The van der Waals surface area contributed by atoms with Gasteiger partial charge in [-0.2, -0.15) is 9.40 Å². The van der Waals surface area contributed by atoms with E-state index in [0.29, 0.717) is 30.8 Å². The Bertz CT molecular complexity index is 574. The maximum atomic E-state index is 12.6. The number of primary amides is 1. The Morgan fingerprint density at radius 3 is 2.68 bits per heavy atom. The zero-order valence-corrected chi connectivity index (χ0v) is 11.8. The number of H-pyrrole nitrogens is 1. The predicted molar refractivity (Wildman–Crippen MR) is 68.7 cm³/mol. The monoisotopic (exact) mass is 286 g/mol. The molecule has 0 spiro atoms. The number of piperidine rings is 1. The Morgan fingerprint density at radius 2 is 2.16 bits per heavy atom. The van der Waals surface area contributed by atoms with Gasteiger partial charge in [0.15, 0.2) is 0 Å². The fourth-order valence-electron chi connectivity index (χ4n) is 2.44. The molecule has 3 N–H and O–H groups in total. The van der Waals surface area contributed by atoms with Gasteiger partial charge in [0, 0.05) is 13.1 Å². The van der Waals surface area contributed by atoms with Gasteiger partial charge in [0.1, 0.15) is 4.90 Å². The molecular formula is C11H18N4O3S. The highest BCUT2D eigenvalue weighted by molar-refractivity contribution is 7.89. The summed E-state index contributed by atoms with van der Waals surface area (Å²) >= 11 is 0. The Balaban J connectivity index is 2.32. The standard InChI is InChI=1S/C11H18N4O3S/c1-7-10(8(2)14-13-7)19(17,18)15-5-3-4-9(6-15)11(12)16/h9H,3-6H2,1-2H3,(H2,12,16)(H,13,14). The summed E-state index contributed by atoms with van der Waals surface area (Å²) in [5, 5.41) is 6.58. The van der Waals surface area contributed by atoms with E-state index in [2.05, 4.69) is 10.2 Å². The van der Waals surface area contributed by atoms with Crippen molar-refractivity contribution in [3.63, 3.8) is 0 Å². The highest BCUT2D eigenvalue weighted by Gasteiger charge is 2.34. The Kier molecular flexibility index (Phi) is 3.64. The van der Waals surface area contributed by atoms with E-state index in [1.54, 1.807) is 13.8 Å². The van der Waals surface area contributed by atoms with Crippen molar-refractivity contribution in [3.8, 4) is 0 Å². The lowest BCUT2D eigenvalue weighted by Gasteiger charge is -2.30. The predicted octanol–water partition coefficient (Wildman–Crippen LogP) is -0.0875. The summed E-state index contributed by atoms with van der Waals surface area (Å²) in [7, 11) is -3.61. The smallest absolute Gasteiger partial charge is 0.246 e. The number of rotatable bonds is 3. The summed E-state index contributed by atoms with van der Waals surface area (Å²) in [5.74, 6) is -0.850. The minimum absolute atomic E-state index is 0.154. The molecule has 1 aromatic rings. The van der Waals surface area contributed by atoms with Gasteiger partial charge in [-0.15, -0.1) is 0 Å². The first-order valence-corrected chi connectivity index (χ1v) is 7.59. The molecule has 8 heteroatoms. The first-order valence-electron chi connectivity index (χ1n) is 6.15. The lowest BCUT2D eigenvalue weighted by molar-refractivity contribution is -0.122. The number of aromatic amines is 1. The van der Waals surface area contributed by atoms with Crippen LogP contribution in [-0.4, -0.2) is 41.9 Å². The summed E-state index contributed by atoms with van der Waals surface area (Å²) in [6.07, 6.45) is 1.29. The number of sulfonamides is 1. The lowest BCUT2D eigenvalue weighted by Crippen LogP contribution is -2.44. The summed E-state index contributed by atoms with van der Waals surface area (Å²) in [6.45, 7) is 3.88. The van der Waals surface area contributed by atoms with Gasteiger partial charge < -0.3 is 5.73 Å². The molecule has 0 bridgehead atoms. The molecule has 19 heavy (non-hydrogen) atoms. The van der Waals surface area contributed by atoms with Crippen LogP contribution in [0.4, 0.5) is 0 Å². The first-order chi connectivity index (χ1) is 8.84. The molecule has 1 aliphatic rings. The summed E-state index contributed by atoms with van der Waals surface area (Å²) in [4.78, 5) is 11.4. The quantitative estimate of drug-likeness (QED) is 0.809. The van der Waals surface area contributed by atoms with Crippen LogP contribution in [0.15, 0.2) is 4.90 Å². The van der Waals surface area contributed by atoms with Crippen LogP contribution in [0.3, 0.4) is 0 Å². The van der Waals surface area contributed by atoms with Crippen LogP contribution >= 0.6 is 0 Å². The van der Waals surface area contributed by atoms with Crippen molar-refractivity contribution in [2.45, 2.75) is 31.6 Å². The molecule has 0 aromatic carbocycles. The van der Waals surface area contributed by atoms with Crippen molar-refractivity contribution in [2.75, 3.05) is 13.1 Å². The first kappa shape index (κ1) is 14.0. The molecular weight excluding hydrogens is 268 g/mol. The minimum Gasteiger partial charge on any atom is -0.369 e. The second-order valence-corrected chi connectivity index (χ2v) is 6.74. The third kappa shape index (κ3) is 2.50.